The Kier molecular flexibility index (Phi) is 5.46. The number of aryl methyl sites for hydroxylation is 2. The quantitative estimate of drug-likeness (QED) is 0.665. The van der Waals surface area contributed by atoms with E-state index in [2.05, 4.69) is 10.0 Å². The second kappa shape index (κ2) is 7.82. The fourth-order valence-corrected chi connectivity index (χ4v) is 3.88. The lowest BCUT2D eigenvalue weighted by molar-refractivity contribution is 0.102. The predicted molar refractivity (Wildman–Crippen MR) is 108 cm³/mol. The number of rotatable bonds is 5. The van der Waals surface area contributed by atoms with E-state index < -0.39 is 15.8 Å². The summed E-state index contributed by atoms with van der Waals surface area (Å²) in [6.45, 7) is 3.79. The molecule has 0 saturated carbocycles. The number of carbonyl (C=O) groups is 1. The van der Waals surface area contributed by atoms with Crippen LogP contribution < -0.4 is 10.0 Å². The molecule has 5 nitrogen and oxygen atoms in total. The summed E-state index contributed by atoms with van der Waals surface area (Å²) in [5.41, 5.74) is 2.92. The highest BCUT2D eigenvalue weighted by Crippen LogP contribution is 2.25. The SMILES string of the molecule is Cc1cc(C)cc(C(=O)Nc2ccccc2NS(=O)(=O)c2ccc(F)cc2)c1. The van der Waals surface area contributed by atoms with E-state index in [1.165, 1.54) is 18.2 Å². The lowest BCUT2D eigenvalue weighted by atomic mass is 10.1. The number of nitrogens with one attached hydrogen (secondary N) is 2. The summed E-state index contributed by atoms with van der Waals surface area (Å²) in [5, 5.41) is 2.74. The molecule has 144 valence electrons. The van der Waals surface area contributed by atoms with Crippen LogP contribution in [0.4, 0.5) is 15.8 Å². The van der Waals surface area contributed by atoms with E-state index in [1.807, 2.05) is 19.9 Å². The number of amides is 1. The standard InChI is InChI=1S/C21H19FN2O3S/c1-14-11-15(2)13-16(12-14)21(25)23-19-5-3-4-6-20(19)24-28(26,27)18-9-7-17(22)8-10-18/h3-13,24H,1-2H3,(H,23,25). The molecule has 0 heterocycles. The molecule has 3 aromatic rings. The molecular formula is C21H19FN2O3S. The van der Waals surface area contributed by atoms with Crippen LogP contribution in [0.25, 0.3) is 0 Å². The van der Waals surface area contributed by atoms with Crippen molar-refractivity contribution in [3.8, 4) is 0 Å². The molecule has 28 heavy (non-hydrogen) atoms. The van der Waals surface area contributed by atoms with Gasteiger partial charge in [0.1, 0.15) is 5.82 Å². The molecule has 1 amide bonds. The number of anilines is 2. The van der Waals surface area contributed by atoms with Crippen molar-refractivity contribution in [2.45, 2.75) is 18.7 Å². The summed E-state index contributed by atoms with van der Waals surface area (Å²) in [6, 6.07) is 16.4. The van der Waals surface area contributed by atoms with Crippen molar-refractivity contribution in [3.05, 3.63) is 89.2 Å². The maximum absolute atomic E-state index is 13.1. The van der Waals surface area contributed by atoms with E-state index in [4.69, 9.17) is 0 Å². The molecule has 0 aliphatic rings. The molecule has 0 fully saturated rings. The summed E-state index contributed by atoms with van der Waals surface area (Å²) in [7, 11) is -3.93. The number of hydrogen-bond donors (Lipinski definition) is 2. The van der Waals surface area contributed by atoms with Gasteiger partial charge in [-0.3, -0.25) is 9.52 Å². The number of hydrogen-bond acceptors (Lipinski definition) is 3. The highest BCUT2D eigenvalue weighted by atomic mass is 32.2. The Balaban J connectivity index is 1.87. The summed E-state index contributed by atoms with van der Waals surface area (Å²) < 4.78 is 40.6. The molecule has 0 aromatic heterocycles. The number of benzene rings is 3. The number of sulfonamides is 1. The van der Waals surface area contributed by atoms with E-state index in [0.29, 0.717) is 11.3 Å². The third-order valence-electron chi connectivity index (χ3n) is 4.03. The maximum Gasteiger partial charge on any atom is 0.261 e. The Morgan fingerprint density at radius 3 is 2.04 bits per heavy atom. The molecule has 0 saturated heterocycles. The first-order valence-corrected chi connectivity index (χ1v) is 10.00. The number of halogens is 1. The Bertz CT molecular complexity index is 1110. The molecule has 3 aromatic carbocycles. The van der Waals surface area contributed by atoms with E-state index in [-0.39, 0.29) is 16.5 Å². The molecule has 2 N–H and O–H groups in total. The summed E-state index contributed by atoms with van der Waals surface area (Å²) >= 11 is 0. The Hall–Kier alpha value is -3.19. The monoisotopic (exact) mass is 398 g/mol. The molecule has 3 rings (SSSR count). The normalized spacial score (nSPS) is 11.1. The van der Waals surface area contributed by atoms with Gasteiger partial charge in [-0.25, -0.2) is 12.8 Å². The minimum absolute atomic E-state index is 0.0793. The smallest absolute Gasteiger partial charge is 0.261 e. The maximum atomic E-state index is 13.1. The van der Waals surface area contributed by atoms with Gasteiger partial charge in [-0.2, -0.15) is 0 Å². The first-order chi connectivity index (χ1) is 13.2. The highest BCUT2D eigenvalue weighted by Gasteiger charge is 2.17. The zero-order valence-corrected chi connectivity index (χ0v) is 16.2. The summed E-state index contributed by atoms with van der Waals surface area (Å²) in [5.74, 6) is -0.875. The second-order valence-electron chi connectivity index (χ2n) is 6.44. The molecule has 0 aliphatic heterocycles. The Morgan fingerprint density at radius 2 is 1.43 bits per heavy atom. The molecule has 0 radical (unpaired) electrons. The second-order valence-corrected chi connectivity index (χ2v) is 8.12. The van der Waals surface area contributed by atoms with Crippen LogP contribution in [0.3, 0.4) is 0 Å². The van der Waals surface area contributed by atoms with Gasteiger partial charge >= 0.3 is 0 Å². The summed E-state index contributed by atoms with van der Waals surface area (Å²) in [6.07, 6.45) is 0. The Morgan fingerprint density at radius 1 is 0.857 bits per heavy atom. The van der Waals surface area contributed by atoms with Crippen LogP contribution in [0.2, 0.25) is 0 Å². The molecule has 0 bridgehead atoms. The topological polar surface area (TPSA) is 75.3 Å². The van der Waals surface area contributed by atoms with Crippen molar-refractivity contribution in [2.24, 2.45) is 0 Å². The van der Waals surface area contributed by atoms with Gasteiger partial charge in [0.2, 0.25) is 0 Å². The van der Waals surface area contributed by atoms with Gasteiger partial charge in [0.15, 0.2) is 0 Å². The average Bonchev–Trinajstić information content (AvgIpc) is 2.62. The van der Waals surface area contributed by atoms with Crippen LogP contribution in [0.15, 0.2) is 71.6 Å². The first kappa shape index (κ1) is 19.6. The zero-order valence-electron chi connectivity index (χ0n) is 15.4. The van der Waals surface area contributed by atoms with Crippen LogP contribution in [0.5, 0.6) is 0 Å². The van der Waals surface area contributed by atoms with Crippen LogP contribution >= 0.6 is 0 Å². The van der Waals surface area contributed by atoms with Crippen molar-refractivity contribution < 1.29 is 17.6 Å². The lowest BCUT2D eigenvalue weighted by Gasteiger charge is -2.14. The molecule has 0 aliphatic carbocycles. The fourth-order valence-electron chi connectivity index (χ4n) is 2.80. The van der Waals surface area contributed by atoms with Gasteiger partial charge < -0.3 is 5.32 Å². The Labute approximate surface area is 163 Å². The molecular weight excluding hydrogens is 379 g/mol. The molecule has 0 atom stereocenters. The number of carbonyl (C=O) groups excluding carboxylic acids is 1. The van der Waals surface area contributed by atoms with Crippen LogP contribution in [0.1, 0.15) is 21.5 Å². The minimum Gasteiger partial charge on any atom is -0.320 e. The van der Waals surface area contributed by atoms with Gasteiger partial charge in [-0.15, -0.1) is 0 Å². The van der Waals surface area contributed by atoms with Crippen molar-refractivity contribution in [1.29, 1.82) is 0 Å². The molecule has 7 heteroatoms. The third-order valence-corrected chi connectivity index (χ3v) is 5.41. The molecule has 0 unspecified atom stereocenters. The first-order valence-electron chi connectivity index (χ1n) is 8.52. The molecule has 0 spiro atoms. The number of para-hydroxylation sites is 2. The van der Waals surface area contributed by atoms with E-state index in [1.54, 1.807) is 30.3 Å². The van der Waals surface area contributed by atoms with Crippen molar-refractivity contribution in [1.82, 2.24) is 0 Å². The summed E-state index contributed by atoms with van der Waals surface area (Å²) in [4.78, 5) is 12.5. The minimum atomic E-state index is -3.93. The fraction of sp³-hybridized carbons (Fsp3) is 0.0952. The van der Waals surface area contributed by atoms with Crippen LogP contribution in [0, 0.1) is 19.7 Å². The van der Waals surface area contributed by atoms with Crippen molar-refractivity contribution in [2.75, 3.05) is 10.0 Å². The van der Waals surface area contributed by atoms with Gasteiger partial charge in [0, 0.05) is 5.56 Å². The van der Waals surface area contributed by atoms with Crippen molar-refractivity contribution >= 4 is 27.3 Å². The van der Waals surface area contributed by atoms with Crippen LogP contribution in [-0.2, 0) is 10.0 Å². The largest absolute Gasteiger partial charge is 0.320 e. The lowest BCUT2D eigenvalue weighted by Crippen LogP contribution is -2.17. The highest BCUT2D eigenvalue weighted by molar-refractivity contribution is 7.92. The third kappa shape index (κ3) is 4.55. The average molecular weight is 398 g/mol. The van der Waals surface area contributed by atoms with E-state index in [9.17, 15) is 17.6 Å². The predicted octanol–water partition coefficient (Wildman–Crippen LogP) is 4.50. The van der Waals surface area contributed by atoms with Gasteiger partial charge in [0.05, 0.1) is 16.3 Å². The zero-order chi connectivity index (χ0) is 20.3. The van der Waals surface area contributed by atoms with Gasteiger partial charge in [0.25, 0.3) is 15.9 Å². The van der Waals surface area contributed by atoms with Crippen molar-refractivity contribution in [3.63, 3.8) is 0 Å². The van der Waals surface area contributed by atoms with Gasteiger partial charge in [-0.1, -0.05) is 29.3 Å². The van der Waals surface area contributed by atoms with E-state index in [0.717, 1.165) is 23.3 Å². The van der Waals surface area contributed by atoms with E-state index >= 15 is 0 Å². The van der Waals surface area contributed by atoms with Crippen LogP contribution in [-0.4, -0.2) is 14.3 Å². The van der Waals surface area contributed by atoms with Gasteiger partial charge in [-0.05, 0) is 62.4 Å².